The number of hydrazone groups is 1. The number of carbonyl (C=O) groups excluding carboxylic acids is 1. The first kappa shape index (κ1) is 19.9. The number of amides is 1. The van der Waals surface area contributed by atoms with E-state index in [1.54, 1.807) is 62.4 Å². The Kier molecular flexibility index (Phi) is 5.42. The Balaban J connectivity index is 2.05. The molecular weight excluding hydrogens is 378 g/mol. The van der Waals surface area contributed by atoms with Gasteiger partial charge in [0.1, 0.15) is 5.75 Å². The lowest BCUT2D eigenvalue weighted by Crippen LogP contribution is -2.30. The minimum absolute atomic E-state index is 0.0908. The molecule has 2 N–H and O–H groups in total. The van der Waals surface area contributed by atoms with Gasteiger partial charge in [0.15, 0.2) is 0 Å². The summed E-state index contributed by atoms with van der Waals surface area (Å²) in [7, 11) is -3.47. The molecule has 1 amide bonds. The second kappa shape index (κ2) is 7.63. The molecule has 0 aliphatic carbocycles. The fourth-order valence-electron chi connectivity index (χ4n) is 3.18. The highest BCUT2D eigenvalue weighted by molar-refractivity contribution is 7.92. The number of nitrogens with zero attached hydrogens (tertiary/aromatic N) is 2. The molecule has 28 heavy (non-hydrogen) atoms. The Hall–Kier alpha value is -2.87. The average molecular weight is 401 g/mol. The third-order valence-electron chi connectivity index (χ3n) is 4.46. The number of nitrogens with one attached hydrogen (secondary N) is 1. The standard InChI is InChI=1S/C20H23N3O4S/c1-13(2)20(25)23-18(15-9-5-7-11-19(15)24)12-17(21-23)14-8-4-6-10-16(14)22-28(3,26)27/h4-11,13,18,22,24H,12H2,1-3H3/t18-/m1/s1. The highest BCUT2D eigenvalue weighted by atomic mass is 32.2. The van der Waals surface area contributed by atoms with Crippen LogP contribution in [-0.2, 0) is 14.8 Å². The maximum atomic E-state index is 12.8. The molecule has 8 heteroatoms. The lowest BCUT2D eigenvalue weighted by Gasteiger charge is -2.24. The molecular formula is C20H23N3O4S. The first-order chi connectivity index (χ1) is 13.2. The minimum Gasteiger partial charge on any atom is -0.508 e. The van der Waals surface area contributed by atoms with E-state index in [2.05, 4.69) is 9.82 Å². The van der Waals surface area contributed by atoms with Crippen molar-refractivity contribution in [3.05, 3.63) is 59.7 Å². The first-order valence-corrected chi connectivity index (χ1v) is 10.8. The third kappa shape index (κ3) is 4.17. The Morgan fingerprint density at radius 2 is 1.82 bits per heavy atom. The lowest BCUT2D eigenvalue weighted by molar-refractivity contribution is -0.136. The number of hydrogen-bond donors (Lipinski definition) is 2. The normalized spacial score (nSPS) is 16.9. The zero-order chi connectivity index (χ0) is 20.5. The summed E-state index contributed by atoms with van der Waals surface area (Å²) < 4.78 is 25.9. The number of hydrogen-bond acceptors (Lipinski definition) is 5. The van der Waals surface area contributed by atoms with E-state index in [1.807, 2.05) is 0 Å². The average Bonchev–Trinajstić information content (AvgIpc) is 3.05. The van der Waals surface area contributed by atoms with Crippen LogP contribution in [0.1, 0.15) is 37.4 Å². The molecule has 1 atom stereocenters. The summed E-state index contributed by atoms with van der Waals surface area (Å²) in [5.41, 5.74) is 2.18. The largest absolute Gasteiger partial charge is 0.508 e. The number of aromatic hydroxyl groups is 1. The van der Waals surface area contributed by atoms with E-state index in [0.29, 0.717) is 28.9 Å². The van der Waals surface area contributed by atoms with Crippen LogP contribution < -0.4 is 4.72 Å². The highest BCUT2D eigenvalue weighted by Crippen LogP contribution is 2.38. The fourth-order valence-corrected chi connectivity index (χ4v) is 3.75. The summed E-state index contributed by atoms with van der Waals surface area (Å²) in [5, 5.41) is 16.2. The predicted octanol–water partition coefficient (Wildman–Crippen LogP) is 3.10. The van der Waals surface area contributed by atoms with E-state index in [4.69, 9.17) is 0 Å². The van der Waals surface area contributed by atoms with Gasteiger partial charge in [0.25, 0.3) is 0 Å². The van der Waals surface area contributed by atoms with Crippen molar-refractivity contribution in [3.8, 4) is 5.75 Å². The van der Waals surface area contributed by atoms with Gasteiger partial charge in [-0.15, -0.1) is 0 Å². The van der Waals surface area contributed by atoms with E-state index in [9.17, 15) is 18.3 Å². The minimum atomic E-state index is -3.47. The van der Waals surface area contributed by atoms with Gasteiger partial charge in [0.05, 0.1) is 23.7 Å². The molecule has 0 radical (unpaired) electrons. The Morgan fingerprint density at radius 3 is 2.46 bits per heavy atom. The van der Waals surface area contributed by atoms with Gasteiger partial charge in [-0.25, -0.2) is 13.4 Å². The summed E-state index contributed by atoms with van der Waals surface area (Å²) >= 11 is 0. The Bertz CT molecular complexity index is 1030. The Morgan fingerprint density at radius 1 is 1.18 bits per heavy atom. The third-order valence-corrected chi connectivity index (χ3v) is 5.05. The maximum Gasteiger partial charge on any atom is 0.245 e. The topological polar surface area (TPSA) is 99.1 Å². The van der Waals surface area contributed by atoms with Crippen molar-refractivity contribution in [2.24, 2.45) is 11.0 Å². The SMILES string of the molecule is CC(C)C(=O)N1N=C(c2ccccc2NS(C)(=O)=O)C[C@@H]1c1ccccc1O. The molecule has 1 heterocycles. The molecule has 7 nitrogen and oxygen atoms in total. The van der Waals surface area contributed by atoms with E-state index < -0.39 is 16.1 Å². The number of rotatable bonds is 5. The number of carbonyl (C=O) groups is 1. The molecule has 0 unspecified atom stereocenters. The molecule has 1 aliphatic heterocycles. The summed E-state index contributed by atoms with van der Waals surface area (Å²) in [4.78, 5) is 12.8. The van der Waals surface area contributed by atoms with Gasteiger partial charge in [-0.1, -0.05) is 50.2 Å². The van der Waals surface area contributed by atoms with Gasteiger partial charge in [-0.3, -0.25) is 9.52 Å². The number of phenols is 1. The molecule has 148 valence electrons. The maximum absolute atomic E-state index is 12.8. The zero-order valence-electron chi connectivity index (χ0n) is 16.0. The fraction of sp³-hybridized carbons (Fsp3) is 0.300. The second-order valence-corrected chi connectivity index (χ2v) is 8.83. The molecule has 0 spiro atoms. The summed E-state index contributed by atoms with van der Waals surface area (Å²) in [6.45, 7) is 3.58. The van der Waals surface area contributed by atoms with Gasteiger partial charge >= 0.3 is 0 Å². The van der Waals surface area contributed by atoms with E-state index >= 15 is 0 Å². The van der Waals surface area contributed by atoms with Crippen LogP contribution in [0.5, 0.6) is 5.75 Å². The number of para-hydroxylation sites is 2. The van der Waals surface area contributed by atoms with Crippen LogP contribution >= 0.6 is 0 Å². The second-order valence-electron chi connectivity index (χ2n) is 7.08. The summed E-state index contributed by atoms with van der Waals surface area (Å²) in [6, 6.07) is 13.3. The number of anilines is 1. The van der Waals surface area contributed by atoms with E-state index in [1.165, 1.54) is 5.01 Å². The van der Waals surface area contributed by atoms with Gasteiger partial charge in [-0.2, -0.15) is 5.10 Å². The van der Waals surface area contributed by atoms with Crippen molar-refractivity contribution in [2.75, 3.05) is 11.0 Å². The van der Waals surface area contributed by atoms with E-state index in [-0.39, 0.29) is 17.6 Å². The van der Waals surface area contributed by atoms with Crippen LogP contribution in [0.3, 0.4) is 0 Å². The van der Waals surface area contributed by atoms with Crippen molar-refractivity contribution < 1.29 is 18.3 Å². The molecule has 3 rings (SSSR count). The lowest BCUT2D eigenvalue weighted by atomic mass is 9.96. The van der Waals surface area contributed by atoms with Crippen LogP contribution in [-0.4, -0.2) is 36.4 Å². The van der Waals surface area contributed by atoms with Crippen molar-refractivity contribution in [3.63, 3.8) is 0 Å². The van der Waals surface area contributed by atoms with Gasteiger partial charge in [-0.05, 0) is 12.1 Å². The molecule has 2 aromatic carbocycles. The molecule has 0 bridgehead atoms. The molecule has 0 saturated carbocycles. The smallest absolute Gasteiger partial charge is 0.245 e. The van der Waals surface area contributed by atoms with E-state index in [0.717, 1.165) is 6.26 Å². The predicted molar refractivity (Wildman–Crippen MR) is 109 cm³/mol. The molecule has 0 saturated heterocycles. The van der Waals surface area contributed by atoms with Crippen molar-refractivity contribution in [2.45, 2.75) is 26.3 Å². The Labute approximate surface area is 164 Å². The van der Waals surface area contributed by atoms with Crippen molar-refractivity contribution >= 4 is 27.3 Å². The zero-order valence-corrected chi connectivity index (χ0v) is 16.8. The van der Waals surface area contributed by atoms with Crippen molar-refractivity contribution in [1.82, 2.24) is 5.01 Å². The summed E-state index contributed by atoms with van der Waals surface area (Å²) in [5.74, 6) is -0.356. The number of benzene rings is 2. The number of sulfonamides is 1. The monoisotopic (exact) mass is 401 g/mol. The highest BCUT2D eigenvalue weighted by Gasteiger charge is 2.36. The molecule has 2 aromatic rings. The van der Waals surface area contributed by atoms with Crippen molar-refractivity contribution in [1.29, 1.82) is 0 Å². The van der Waals surface area contributed by atoms with Crippen LogP contribution in [0.4, 0.5) is 5.69 Å². The van der Waals surface area contributed by atoms with Gasteiger partial charge in [0, 0.05) is 23.5 Å². The first-order valence-electron chi connectivity index (χ1n) is 8.93. The molecule has 1 aliphatic rings. The van der Waals surface area contributed by atoms with Crippen LogP contribution in [0, 0.1) is 5.92 Å². The quantitative estimate of drug-likeness (QED) is 0.804. The number of phenolic OH excluding ortho intramolecular Hbond substituents is 1. The van der Waals surface area contributed by atoms with Gasteiger partial charge in [0.2, 0.25) is 15.9 Å². The molecule has 0 fully saturated rings. The van der Waals surface area contributed by atoms with Crippen LogP contribution in [0.2, 0.25) is 0 Å². The molecule has 0 aromatic heterocycles. The van der Waals surface area contributed by atoms with Crippen LogP contribution in [0.15, 0.2) is 53.6 Å². The van der Waals surface area contributed by atoms with Crippen LogP contribution in [0.25, 0.3) is 0 Å². The summed E-state index contributed by atoms with van der Waals surface area (Å²) in [6.07, 6.45) is 1.44. The van der Waals surface area contributed by atoms with Gasteiger partial charge < -0.3 is 5.11 Å².